The van der Waals surface area contributed by atoms with Crippen LogP contribution in [0.2, 0.25) is 0 Å². The first-order valence-corrected chi connectivity index (χ1v) is 9.69. The molecule has 0 saturated carbocycles. The lowest BCUT2D eigenvalue weighted by Gasteiger charge is -1.98. The van der Waals surface area contributed by atoms with E-state index in [9.17, 15) is 0 Å². The summed E-state index contributed by atoms with van der Waals surface area (Å²) in [7, 11) is 0. The van der Waals surface area contributed by atoms with Crippen molar-refractivity contribution in [2.75, 3.05) is 0 Å². The summed E-state index contributed by atoms with van der Waals surface area (Å²) in [6.07, 6.45) is 7.94. The molecular formula is C22H17BrN4. The molecule has 1 atom stereocenters. The first-order chi connectivity index (χ1) is 13.5. The van der Waals surface area contributed by atoms with E-state index >= 15 is 0 Å². The standard InChI is InChI=1S/C22H17BrN4/c1-13(23)21-11-20-10-18-5-4-16(25-18)8-14-2-3-15(24-14)9-17-6-7-19(26-17)12-22(21)27-20/h2-13,25,27H,1H3/i11D. The number of halogens is 1. The summed E-state index contributed by atoms with van der Waals surface area (Å²) in [5.41, 5.74) is 7.96. The van der Waals surface area contributed by atoms with E-state index in [-0.39, 0.29) is 4.83 Å². The second-order valence-corrected chi connectivity index (χ2v) is 8.02. The predicted octanol–water partition coefficient (Wildman–Crippen LogP) is 6.11. The number of fused-ring (bicyclic) bond motifs is 8. The van der Waals surface area contributed by atoms with Gasteiger partial charge in [-0.15, -0.1) is 0 Å². The van der Waals surface area contributed by atoms with Crippen LogP contribution in [0.5, 0.6) is 0 Å². The molecule has 0 saturated heterocycles. The SMILES string of the molecule is [2H]c1c(C(C)Br)c2cc3nc(cc4nc(cc5ccc(cc1[nH]2)[nH]5)C=C4)C=C3. The van der Waals surface area contributed by atoms with Gasteiger partial charge in [0.15, 0.2) is 0 Å². The monoisotopic (exact) mass is 417 g/mol. The molecule has 132 valence electrons. The van der Waals surface area contributed by atoms with E-state index in [0.717, 1.165) is 50.4 Å². The van der Waals surface area contributed by atoms with Crippen molar-refractivity contribution >= 4 is 62.3 Å². The topological polar surface area (TPSA) is 57.4 Å². The van der Waals surface area contributed by atoms with Crippen LogP contribution < -0.4 is 0 Å². The summed E-state index contributed by atoms with van der Waals surface area (Å²) in [6, 6.07) is 12.4. The average molecular weight is 418 g/mol. The minimum absolute atomic E-state index is 0.0480. The van der Waals surface area contributed by atoms with E-state index in [4.69, 9.17) is 1.37 Å². The highest BCUT2D eigenvalue weighted by Crippen LogP contribution is 2.28. The zero-order valence-corrected chi connectivity index (χ0v) is 16.2. The van der Waals surface area contributed by atoms with Gasteiger partial charge in [0.1, 0.15) is 0 Å². The summed E-state index contributed by atoms with van der Waals surface area (Å²) < 4.78 is 8.63. The molecule has 8 bridgehead atoms. The molecule has 27 heavy (non-hydrogen) atoms. The Kier molecular flexibility index (Phi) is 3.57. The maximum absolute atomic E-state index is 8.63. The molecule has 4 nitrogen and oxygen atoms in total. The van der Waals surface area contributed by atoms with E-state index in [0.29, 0.717) is 6.04 Å². The van der Waals surface area contributed by atoms with Crippen molar-refractivity contribution in [3.63, 3.8) is 0 Å². The van der Waals surface area contributed by atoms with Crippen LogP contribution in [0.15, 0.2) is 42.4 Å². The van der Waals surface area contributed by atoms with Crippen molar-refractivity contribution in [3.05, 3.63) is 70.8 Å². The van der Waals surface area contributed by atoms with E-state index < -0.39 is 0 Å². The summed E-state index contributed by atoms with van der Waals surface area (Å²) in [4.78, 5) is 16.1. The first kappa shape index (κ1) is 15.2. The summed E-state index contributed by atoms with van der Waals surface area (Å²) >= 11 is 3.63. The number of aromatic nitrogens is 4. The maximum atomic E-state index is 8.63. The number of H-pyrrole nitrogens is 2. The Morgan fingerprint density at radius 3 is 2.07 bits per heavy atom. The van der Waals surface area contributed by atoms with Gasteiger partial charge in [-0.25, -0.2) is 9.97 Å². The molecule has 5 heterocycles. The number of hydrogen-bond donors (Lipinski definition) is 2. The van der Waals surface area contributed by atoms with Gasteiger partial charge in [0, 0.05) is 26.9 Å². The Bertz CT molecular complexity index is 1310. The molecule has 5 heteroatoms. The molecule has 5 rings (SSSR count). The molecule has 2 aliphatic heterocycles. The number of nitrogens with one attached hydrogen (secondary N) is 2. The second-order valence-electron chi connectivity index (χ2n) is 6.64. The highest BCUT2D eigenvalue weighted by molar-refractivity contribution is 9.09. The molecular weight excluding hydrogens is 400 g/mol. The molecule has 0 spiro atoms. The van der Waals surface area contributed by atoms with Crippen LogP contribution in [0.4, 0.5) is 0 Å². The lowest BCUT2D eigenvalue weighted by molar-refractivity contribution is 1.15. The van der Waals surface area contributed by atoms with Crippen LogP contribution in [0.25, 0.3) is 46.4 Å². The van der Waals surface area contributed by atoms with E-state index in [1.165, 1.54) is 0 Å². The van der Waals surface area contributed by atoms with Crippen LogP contribution in [0.1, 0.15) is 41.5 Å². The van der Waals surface area contributed by atoms with Crippen molar-refractivity contribution in [1.82, 2.24) is 19.9 Å². The van der Waals surface area contributed by atoms with Gasteiger partial charge in [-0.05, 0) is 79.2 Å². The normalized spacial score (nSPS) is 14.4. The molecule has 0 amide bonds. The Labute approximate surface area is 166 Å². The molecule has 2 aliphatic rings. The molecule has 0 aliphatic carbocycles. The highest BCUT2D eigenvalue weighted by Gasteiger charge is 2.08. The summed E-state index contributed by atoms with van der Waals surface area (Å²) in [6.45, 7) is 2.03. The highest BCUT2D eigenvalue weighted by atomic mass is 79.9. The minimum Gasteiger partial charge on any atom is -0.355 e. The number of alkyl halides is 1. The third-order valence-electron chi connectivity index (χ3n) is 4.52. The Morgan fingerprint density at radius 2 is 1.41 bits per heavy atom. The van der Waals surface area contributed by atoms with Crippen LogP contribution in [0.3, 0.4) is 0 Å². The fourth-order valence-corrected chi connectivity index (χ4v) is 3.64. The number of rotatable bonds is 1. The zero-order chi connectivity index (χ0) is 19.3. The first-order valence-electron chi connectivity index (χ1n) is 9.27. The number of aromatic amines is 2. The fourth-order valence-electron chi connectivity index (χ4n) is 3.28. The molecule has 3 aromatic rings. The van der Waals surface area contributed by atoms with Gasteiger partial charge in [-0.1, -0.05) is 15.9 Å². The van der Waals surface area contributed by atoms with Crippen molar-refractivity contribution < 1.29 is 1.37 Å². The van der Waals surface area contributed by atoms with Gasteiger partial charge < -0.3 is 9.97 Å². The number of hydrogen-bond acceptors (Lipinski definition) is 2. The summed E-state index contributed by atoms with van der Waals surface area (Å²) in [5.74, 6) is 0. The third-order valence-corrected chi connectivity index (χ3v) is 4.97. The Hall–Kier alpha value is -2.92. The average Bonchev–Trinajstić information content (AvgIpc) is 3.40. The van der Waals surface area contributed by atoms with Crippen LogP contribution >= 0.6 is 15.9 Å². The van der Waals surface area contributed by atoms with Crippen LogP contribution in [-0.4, -0.2) is 19.9 Å². The third kappa shape index (κ3) is 3.26. The molecule has 3 aromatic heterocycles. The molecule has 0 fully saturated rings. The number of nitrogens with zero attached hydrogens (tertiary/aromatic N) is 2. The Balaban J connectivity index is 1.90. The van der Waals surface area contributed by atoms with Gasteiger partial charge in [-0.2, -0.15) is 0 Å². The van der Waals surface area contributed by atoms with Gasteiger partial charge in [-0.3, -0.25) is 0 Å². The second kappa shape index (κ2) is 6.35. The Morgan fingerprint density at radius 1 is 0.815 bits per heavy atom. The molecule has 1 unspecified atom stereocenters. The van der Waals surface area contributed by atoms with Crippen LogP contribution in [0, 0.1) is 0 Å². The van der Waals surface area contributed by atoms with Gasteiger partial charge in [0.25, 0.3) is 0 Å². The quantitative estimate of drug-likeness (QED) is 0.323. The van der Waals surface area contributed by atoms with Crippen molar-refractivity contribution in [2.24, 2.45) is 0 Å². The minimum atomic E-state index is 0.0480. The van der Waals surface area contributed by atoms with Gasteiger partial charge >= 0.3 is 0 Å². The molecule has 0 aromatic carbocycles. The van der Waals surface area contributed by atoms with Gasteiger partial charge in [0.05, 0.1) is 24.1 Å². The van der Waals surface area contributed by atoms with Gasteiger partial charge in [0.2, 0.25) is 0 Å². The lowest BCUT2D eigenvalue weighted by Crippen LogP contribution is -1.81. The molecule has 0 radical (unpaired) electrons. The predicted molar refractivity (Wildman–Crippen MR) is 116 cm³/mol. The lowest BCUT2D eigenvalue weighted by atomic mass is 10.2. The van der Waals surface area contributed by atoms with E-state index in [1.54, 1.807) is 0 Å². The van der Waals surface area contributed by atoms with Crippen LogP contribution in [-0.2, 0) is 0 Å². The maximum Gasteiger partial charge on any atom is 0.0659 e. The zero-order valence-electron chi connectivity index (χ0n) is 15.6. The largest absolute Gasteiger partial charge is 0.355 e. The molecule has 2 N–H and O–H groups in total. The fraction of sp³-hybridized carbons (Fsp3) is 0.0909. The summed E-state index contributed by atoms with van der Waals surface area (Å²) in [5, 5.41) is 0. The van der Waals surface area contributed by atoms with Crippen molar-refractivity contribution in [3.8, 4) is 0 Å². The van der Waals surface area contributed by atoms with Crippen molar-refractivity contribution in [1.29, 1.82) is 0 Å². The van der Waals surface area contributed by atoms with E-state index in [2.05, 4.69) is 35.9 Å². The smallest absolute Gasteiger partial charge is 0.0659 e. The van der Waals surface area contributed by atoms with Crippen molar-refractivity contribution in [2.45, 2.75) is 11.8 Å². The van der Waals surface area contributed by atoms with E-state index in [1.807, 2.05) is 67.6 Å².